The summed E-state index contributed by atoms with van der Waals surface area (Å²) in [5.74, 6) is 0.799. The summed E-state index contributed by atoms with van der Waals surface area (Å²) >= 11 is 0. The topological polar surface area (TPSA) is 12.5 Å². The molecule has 0 aromatic carbocycles. The van der Waals surface area contributed by atoms with E-state index in [1.807, 2.05) is 0 Å². The van der Waals surface area contributed by atoms with E-state index in [4.69, 9.17) is 4.74 Å². The molecule has 0 N–H and O–H groups in total. The van der Waals surface area contributed by atoms with E-state index in [2.05, 4.69) is 18.7 Å². The van der Waals surface area contributed by atoms with Crippen molar-refractivity contribution in [3.8, 4) is 0 Å². The third-order valence-corrected chi connectivity index (χ3v) is 2.61. The number of hydrogen-bond donors (Lipinski definition) is 0. The molecule has 0 saturated carbocycles. The van der Waals surface area contributed by atoms with Gasteiger partial charge in [0.05, 0.1) is 12.2 Å². The second-order valence-corrected chi connectivity index (χ2v) is 4.34. The predicted molar refractivity (Wildman–Crippen MR) is 44.6 cm³/mol. The summed E-state index contributed by atoms with van der Waals surface area (Å²) < 4.78 is 5.52. The SMILES string of the molecule is CC(C)CN1CC2(CCO2)C1. The molecule has 2 rings (SSSR count). The van der Waals surface area contributed by atoms with Gasteiger partial charge in [0.25, 0.3) is 0 Å². The summed E-state index contributed by atoms with van der Waals surface area (Å²) in [6, 6.07) is 0. The van der Waals surface area contributed by atoms with E-state index >= 15 is 0 Å². The van der Waals surface area contributed by atoms with Gasteiger partial charge < -0.3 is 4.74 Å². The van der Waals surface area contributed by atoms with E-state index in [1.165, 1.54) is 26.1 Å². The van der Waals surface area contributed by atoms with E-state index in [0.717, 1.165) is 12.5 Å². The molecular formula is C9H17NO. The van der Waals surface area contributed by atoms with Crippen molar-refractivity contribution in [2.45, 2.75) is 25.9 Å². The number of hydrogen-bond acceptors (Lipinski definition) is 2. The molecule has 2 aliphatic rings. The summed E-state index contributed by atoms with van der Waals surface area (Å²) in [6.07, 6.45) is 1.29. The van der Waals surface area contributed by atoms with Crippen LogP contribution >= 0.6 is 0 Å². The molecule has 0 amide bonds. The Morgan fingerprint density at radius 2 is 2.09 bits per heavy atom. The second-order valence-electron chi connectivity index (χ2n) is 4.34. The van der Waals surface area contributed by atoms with Crippen molar-refractivity contribution >= 4 is 0 Å². The van der Waals surface area contributed by atoms with Crippen LogP contribution in [0, 0.1) is 5.92 Å². The maximum atomic E-state index is 5.52. The standard InChI is InChI=1S/C9H17NO/c1-8(2)5-10-6-9(7-10)3-4-11-9/h8H,3-7H2,1-2H3. The second kappa shape index (κ2) is 2.46. The first-order valence-corrected chi connectivity index (χ1v) is 4.57. The van der Waals surface area contributed by atoms with Crippen molar-refractivity contribution in [1.29, 1.82) is 0 Å². The molecule has 2 saturated heterocycles. The molecule has 0 bridgehead atoms. The smallest absolute Gasteiger partial charge is 0.0956 e. The highest BCUT2D eigenvalue weighted by atomic mass is 16.5. The van der Waals surface area contributed by atoms with Crippen LogP contribution in [0.4, 0.5) is 0 Å². The number of nitrogens with zero attached hydrogens (tertiary/aromatic N) is 1. The van der Waals surface area contributed by atoms with Crippen molar-refractivity contribution in [3.63, 3.8) is 0 Å². The van der Waals surface area contributed by atoms with E-state index in [-0.39, 0.29) is 0 Å². The lowest BCUT2D eigenvalue weighted by Gasteiger charge is -2.55. The summed E-state index contributed by atoms with van der Waals surface area (Å²) in [4.78, 5) is 2.49. The number of rotatable bonds is 2. The highest BCUT2D eigenvalue weighted by molar-refractivity contribution is 5.01. The van der Waals surface area contributed by atoms with Crippen LogP contribution in [-0.4, -0.2) is 36.7 Å². The van der Waals surface area contributed by atoms with Gasteiger partial charge in [0.15, 0.2) is 0 Å². The Bertz CT molecular complexity index is 144. The van der Waals surface area contributed by atoms with Crippen molar-refractivity contribution < 1.29 is 4.74 Å². The fourth-order valence-corrected chi connectivity index (χ4v) is 2.05. The van der Waals surface area contributed by atoms with Crippen LogP contribution in [-0.2, 0) is 4.74 Å². The molecule has 0 aromatic heterocycles. The Kier molecular flexibility index (Phi) is 1.69. The Hall–Kier alpha value is -0.0800. The van der Waals surface area contributed by atoms with Crippen LogP contribution in [0.25, 0.3) is 0 Å². The van der Waals surface area contributed by atoms with Gasteiger partial charge in [-0.2, -0.15) is 0 Å². The first-order chi connectivity index (χ1) is 5.20. The maximum absolute atomic E-state index is 5.52. The van der Waals surface area contributed by atoms with E-state index in [1.54, 1.807) is 0 Å². The van der Waals surface area contributed by atoms with E-state index in [9.17, 15) is 0 Å². The van der Waals surface area contributed by atoms with Gasteiger partial charge in [0.1, 0.15) is 0 Å². The molecule has 0 aliphatic carbocycles. The first-order valence-electron chi connectivity index (χ1n) is 4.57. The lowest BCUT2D eigenvalue weighted by molar-refractivity contribution is -0.222. The maximum Gasteiger partial charge on any atom is 0.0956 e. The highest BCUT2D eigenvalue weighted by Gasteiger charge is 2.48. The molecule has 0 unspecified atom stereocenters. The summed E-state index contributed by atoms with van der Waals surface area (Å²) in [5.41, 5.74) is 0.328. The predicted octanol–water partition coefficient (Wildman–Crippen LogP) is 1.12. The summed E-state index contributed by atoms with van der Waals surface area (Å²) in [7, 11) is 0. The zero-order valence-electron chi connectivity index (χ0n) is 7.47. The lowest BCUT2D eigenvalue weighted by Crippen LogP contribution is -2.68. The zero-order valence-corrected chi connectivity index (χ0v) is 7.47. The molecule has 2 heteroatoms. The number of ether oxygens (including phenoxy) is 1. The van der Waals surface area contributed by atoms with Crippen molar-refractivity contribution in [3.05, 3.63) is 0 Å². The van der Waals surface area contributed by atoms with E-state index in [0.29, 0.717) is 5.60 Å². The summed E-state index contributed by atoms with van der Waals surface area (Å²) in [5, 5.41) is 0. The zero-order chi connectivity index (χ0) is 7.90. The number of likely N-dealkylation sites (tertiary alicyclic amines) is 1. The molecule has 0 aromatic rings. The van der Waals surface area contributed by atoms with Crippen LogP contribution in [0.15, 0.2) is 0 Å². The molecule has 0 radical (unpaired) electrons. The highest BCUT2D eigenvalue weighted by Crippen LogP contribution is 2.35. The first kappa shape index (κ1) is 7.56. The molecule has 11 heavy (non-hydrogen) atoms. The minimum atomic E-state index is 0.328. The average Bonchev–Trinajstić information content (AvgIpc) is 1.71. The Morgan fingerprint density at radius 3 is 2.45 bits per heavy atom. The minimum Gasteiger partial charge on any atom is -0.372 e. The van der Waals surface area contributed by atoms with Crippen LogP contribution in [0.5, 0.6) is 0 Å². The third-order valence-electron chi connectivity index (χ3n) is 2.61. The van der Waals surface area contributed by atoms with Gasteiger partial charge in [0.2, 0.25) is 0 Å². The van der Waals surface area contributed by atoms with Gasteiger partial charge in [-0.3, -0.25) is 4.90 Å². The summed E-state index contributed by atoms with van der Waals surface area (Å²) in [6.45, 7) is 9.15. The van der Waals surface area contributed by atoms with Crippen molar-refractivity contribution in [2.75, 3.05) is 26.2 Å². The third kappa shape index (κ3) is 1.30. The molecule has 1 spiro atoms. The normalized spacial score (nSPS) is 28.6. The largest absolute Gasteiger partial charge is 0.372 e. The van der Waals surface area contributed by atoms with Crippen molar-refractivity contribution in [2.24, 2.45) is 5.92 Å². The van der Waals surface area contributed by atoms with E-state index < -0.39 is 0 Å². The lowest BCUT2D eigenvalue weighted by atomic mass is 9.86. The monoisotopic (exact) mass is 155 g/mol. The molecular weight excluding hydrogens is 138 g/mol. The van der Waals surface area contributed by atoms with Gasteiger partial charge in [0, 0.05) is 26.1 Å². The fourth-order valence-electron chi connectivity index (χ4n) is 2.05. The van der Waals surface area contributed by atoms with Gasteiger partial charge in [-0.15, -0.1) is 0 Å². The van der Waals surface area contributed by atoms with Crippen LogP contribution in [0.3, 0.4) is 0 Å². The van der Waals surface area contributed by atoms with Crippen LogP contribution in [0.2, 0.25) is 0 Å². The van der Waals surface area contributed by atoms with Gasteiger partial charge in [-0.1, -0.05) is 13.8 Å². The minimum absolute atomic E-state index is 0.328. The molecule has 0 atom stereocenters. The quantitative estimate of drug-likeness (QED) is 0.592. The Morgan fingerprint density at radius 1 is 1.45 bits per heavy atom. The Balaban J connectivity index is 1.71. The molecule has 2 aliphatic heterocycles. The molecule has 64 valence electrons. The van der Waals surface area contributed by atoms with Gasteiger partial charge in [-0.25, -0.2) is 0 Å². The molecule has 2 nitrogen and oxygen atoms in total. The Labute approximate surface area is 68.5 Å². The molecule has 2 heterocycles. The van der Waals surface area contributed by atoms with Crippen molar-refractivity contribution in [1.82, 2.24) is 4.90 Å². The average molecular weight is 155 g/mol. The molecule has 2 fully saturated rings. The van der Waals surface area contributed by atoms with Crippen LogP contribution < -0.4 is 0 Å². The van der Waals surface area contributed by atoms with Gasteiger partial charge in [-0.05, 0) is 5.92 Å². The van der Waals surface area contributed by atoms with Crippen LogP contribution in [0.1, 0.15) is 20.3 Å². The fraction of sp³-hybridized carbons (Fsp3) is 1.00. The van der Waals surface area contributed by atoms with Gasteiger partial charge >= 0.3 is 0 Å².